The Hall–Kier alpha value is -0.400. The standard InChI is InChI=1S/C12H20N4OS.2ClH/c1-3-16-5-4-9-10(7-16)18-12(14-9)15-11(17)8(2)6-13;;/h8H,3-7,13H2,1-2H3,(H,14,15,17);2*1H. The number of thiazole rings is 1. The van der Waals surface area contributed by atoms with Crippen molar-refractivity contribution >= 4 is 47.2 Å². The molecule has 20 heavy (non-hydrogen) atoms. The number of aromatic nitrogens is 1. The van der Waals surface area contributed by atoms with E-state index in [2.05, 4.69) is 22.1 Å². The van der Waals surface area contributed by atoms with E-state index in [-0.39, 0.29) is 36.6 Å². The Morgan fingerprint density at radius 1 is 1.55 bits per heavy atom. The number of carbonyl (C=O) groups excluding carboxylic acids is 1. The van der Waals surface area contributed by atoms with E-state index in [1.54, 1.807) is 11.3 Å². The fourth-order valence-electron chi connectivity index (χ4n) is 1.91. The topological polar surface area (TPSA) is 71.2 Å². The predicted molar refractivity (Wildman–Crippen MR) is 88.1 cm³/mol. The molecule has 0 fully saturated rings. The molecule has 1 aromatic rings. The zero-order valence-corrected chi connectivity index (χ0v) is 14.2. The third-order valence-corrected chi connectivity index (χ3v) is 4.29. The second-order valence-electron chi connectivity index (χ2n) is 4.63. The van der Waals surface area contributed by atoms with Gasteiger partial charge in [0.05, 0.1) is 5.69 Å². The van der Waals surface area contributed by atoms with Gasteiger partial charge in [0.15, 0.2) is 5.13 Å². The Bertz CT molecular complexity index is 441. The van der Waals surface area contributed by atoms with Gasteiger partial charge in [0.2, 0.25) is 5.91 Å². The lowest BCUT2D eigenvalue weighted by Gasteiger charge is -2.23. The van der Waals surface area contributed by atoms with Gasteiger partial charge in [0.1, 0.15) is 0 Å². The maximum absolute atomic E-state index is 11.7. The van der Waals surface area contributed by atoms with Crippen LogP contribution in [-0.2, 0) is 17.8 Å². The predicted octanol–water partition coefficient (Wildman–Crippen LogP) is 1.90. The highest BCUT2D eigenvalue weighted by Crippen LogP contribution is 2.28. The molecule has 1 aliphatic heterocycles. The Morgan fingerprint density at radius 2 is 2.25 bits per heavy atom. The second-order valence-corrected chi connectivity index (χ2v) is 5.72. The lowest BCUT2D eigenvalue weighted by atomic mass is 10.2. The third kappa shape index (κ3) is 4.56. The van der Waals surface area contributed by atoms with E-state index in [1.165, 1.54) is 4.88 Å². The molecule has 0 saturated heterocycles. The SMILES string of the molecule is CCN1CCc2nc(NC(=O)C(C)CN)sc2C1.Cl.Cl. The quantitative estimate of drug-likeness (QED) is 0.877. The van der Waals surface area contributed by atoms with Crippen LogP contribution in [0.3, 0.4) is 0 Å². The van der Waals surface area contributed by atoms with Crippen molar-refractivity contribution in [2.75, 3.05) is 25.0 Å². The van der Waals surface area contributed by atoms with Crippen molar-refractivity contribution in [3.63, 3.8) is 0 Å². The van der Waals surface area contributed by atoms with E-state index in [0.717, 1.165) is 31.7 Å². The number of amides is 1. The van der Waals surface area contributed by atoms with Gasteiger partial charge in [0, 0.05) is 36.9 Å². The molecule has 5 nitrogen and oxygen atoms in total. The molecule has 1 unspecified atom stereocenters. The van der Waals surface area contributed by atoms with Crippen molar-refractivity contribution in [3.05, 3.63) is 10.6 Å². The molecule has 0 saturated carbocycles. The summed E-state index contributed by atoms with van der Waals surface area (Å²) in [6.45, 7) is 7.41. The summed E-state index contributed by atoms with van der Waals surface area (Å²) in [5, 5.41) is 3.56. The van der Waals surface area contributed by atoms with Crippen molar-refractivity contribution in [2.45, 2.75) is 26.8 Å². The van der Waals surface area contributed by atoms with Gasteiger partial charge < -0.3 is 11.1 Å². The first-order valence-electron chi connectivity index (χ1n) is 6.36. The monoisotopic (exact) mass is 340 g/mol. The fraction of sp³-hybridized carbons (Fsp3) is 0.667. The lowest BCUT2D eigenvalue weighted by Crippen LogP contribution is -2.29. The summed E-state index contributed by atoms with van der Waals surface area (Å²) >= 11 is 1.59. The summed E-state index contributed by atoms with van der Waals surface area (Å²) in [5.41, 5.74) is 6.62. The molecule has 1 atom stereocenters. The zero-order chi connectivity index (χ0) is 13.1. The van der Waals surface area contributed by atoms with Gasteiger partial charge in [-0.1, -0.05) is 13.8 Å². The molecule has 3 N–H and O–H groups in total. The number of likely N-dealkylation sites (N-methyl/N-ethyl adjacent to an activating group) is 1. The maximum atomic E-state index is 11.7. The molecule has 0 aliphatic carbocycles. The molecule has 2 rings (SSSR count). The van der Waals surface area contributed by atoms with Gasteiger partial charge in [-0.25, -0.2) is 4.98 Å². The Morgan fingerprint density at radius 3 is 2.85 bits per heavy atom. The normalized spacial score (nSPS) is 15.6. The van der Waals surface area contributed by atoms with Gasteiger partial charge in [-0.2, -0.15) is 0 Å². The Labute approximate surface area is 136 Å². The summed E-state index contributed by atoms with van der Waals surface area (Å²) < 4.78 is 0. The highest BCUT2D eigenvalue weighted by molar-refractivity contribution is 7.15. The van der Waals surface area contributed by atoms with Gasteiger partial charge in [-0.05, 0) is 6.54 Å². The van der Waals surface area contributed by atoms with Gasteiger partial charge in [-0.15, -0.1) is 36.2 Å². The molecule has 0 bridgehead atoms. The fourth-order valence-corrected chi connectivity index (χ4v) is 2.96. The Balaban J connectivity index is 0.00000180. The summed E-state index contributed by atoms with van der Waals surface area (Å²) in [7, 11) is 0. The molecule has 1 amide bonds. The average molecular weight is 341 g/mol. The number of hydrogen-bond acceptors (Lipinski definition) is 5. The molecule has 2 heterocycles. The number of halogens is 2. The number of hydrogen-bond donors (Lipinski definition) is 2. The summed E-state index contributed by atoms with van der Waals surface area (Å²) in [5.74, 6) is -0.214. The minimum atomic E-state index is -0.168. The molecule has 1 aliphatic rings. The van der Waals surface area contributed by atoms with Crippen LogP contribution in [0, 0.1) is 5.92 Å². The highest BCUT2D eigenvalue weighted by atomic mass is 35.5. The number of rotatable bonds is 4. The molecule has 0 radical (unpaired) electrons. The number of nitrogens with two attached hydrogens (primary N) is 1. The molecule has 8 heteroatoms. The number of nitrogens with one attached hydrogen (secondary N) is 1. The molecular formula is C12H22Cl2N4OS. The van der Waals surface area contributed by atoms with E-state index < -0.39 is 0 Å². The molecule has 0 aromatic carbocycles. The van der Waals surface area contributed by atoms with Crippen LogP contribution in [0.15, 0.2) is 0 Å². The molecule has 116 valence electrons. The smallest absolute Gasteiger partial charge is 0.230 e. The van der Waals surface area contributed by atoms with E-state index in [1.807, 2.05) is 6.92 Å². The van der Waals surface area contributed by atoms with Gasteiger partial charge in [-0.3, -0.25) is 9.69 Å². The van der Waals surface area contributed by atoms with Crippen molar-refractivity contribution in [2.24, 2.45) is 11.7 Å². The van der Waals surface area contributed by atoms with Crippen LogP contribution < -0.4 is 11.1 Å². The van der Waals surface area contributed by atoms with Crippen LogP contribution in [0.5, 0.6) is 0 Å². The summed E-state index contributed by atoms with van der Waals surface area (Å²) in [4.78, 5) is 19.9. The second kappa shape index (κ2) is 8.79. The van der Waals surface area contributed by atoms with Crippen LogP contribution in [0.2, 0.25) is 0 Å². The largest absolute Gasteiger partial charge is 0.330 e. The van der Waals surface area contributed by atoms with Crippen LogP contribution in [-0.4, -0.2) is 35.4 Å². The average Bonchev–Trinajstić information content (AvgIpc) is 2.78. The van der Waals surface area contributed by atoms with Gasteiger partial charge >= 0.3 is 0 Å². The highest BCUT2D eigenvalue weighted by Gasteiger charge is 2.21. The maximum Gasteiger partial charge on any atom is 0.230 e. The van der Waals surface area contributed by atoms with Crippen molar-refractivity contribution in [1.29, 1.82) is 0 Å². The number of fused-ring (bicyclic) bond motifs is 1. The van der Waals surface area contributed by atoms with E-state index in [0.29, 0.717) is 11.7 Å². The minimum Gasteiger partial charge on any atom is -0.330 e. The lowest BCUT2D eigenvalue weighted by molar-refractivity contribution is -0.119. The number of anilines is 1. The first-order valence-corrected chi connectivity index (χ1v) is 7.17. The van der Waals surface area contributed by atoms with Crippen molar-refractivity contribution < 1.29 is 4.79 Å². The third-order valence-electron chi connectivity index (χ3n) is 3.29. The van der Waals surface area contributed by atoms with Gasteiger partial charge in [0.25, 0.3) is 0 Å². The van der Waals surface area contributed by atoms with Crippen LogP contribution >= 0.6 is 36.2 Å². The molecule has 1 aromatic heterocycles. The zero-order valence-electron chi connectivity index (χ0n) is 11.7. The number of carbonyl (C=O) groups is 1. The van der Waals surface area contributed by atoms with E-state index in [4.69, 9.17) is 5.73 Å². The summed E-state index contributed by atoms with van der Waals surface area (Å²) in [6.07, 6.45) is 0.974. The molecular weight excluding hydrogens is 319 g/mol. The molecule has 0 spiro atoms. The van der Waals surface area contributed by atoms with Crippen LogP contribution in [0.4, 0.5) is 5.13 Å². The first kappa shape index (κ1) is 19.6. The summed E-state index contributed by atoms with van der Waals surface area (Å²) in [6, 6.07) is 0. The Kier molecular flexibility index (Phi) is 8.62. The van der Waals surface area contributed by atoms with Crippen LogP contribution in [0.1, 0.15) is 24.4 Å². The first-order chi connectivity index (χ1) is 8.63. The van der Waals surface area contributed by atoms with E-state index in [9.17, 15) is 4.79 Å². The van der Waals surface area contributed by atoms with E-state index >= 15 is 0 Å². The van der Waals surface area contributed by atoms with Crippen molar-refractivity contribution in [3.8, 4) is 0 Å². The van der Waals surface area contributed by atoms with Crippen molar-refractivity contribution in [1.82, 2.24) is 9.88 Å². The van der Waals surface area contributed by atoms with Crippen LogP contribution in [0.25, 0.3) is 0 Å². The minimum absolute atomic E-state index is 0. The number of nitrogens with zero attached hydrogens (tertiary/aromatic N) is 2.